The molecule has 2 aromatic rings. The zero-order chi connectivity index (χ0) is 20.8. The number of pyridine rings is 1. The first-order chi connectivity index (χ1) is 14.0. The number of amides is 2. The Bertz CT molecular complexity index is 963. The highest BCUT2D eigenvalue weighted by Gasteiger charge is 2.33. The molecule has 1 aliphatic rings. The molecular weight excluding hydrogens is 410 g/mol. The molecule has 1 aromatic heterocycles. The van der Waals surface area contributed by atoms with E-state index in [2.05, 4.69) is 10.4 Å². The minimum absolute atomic E-state index is 0.249. The van der Waals surface area contributed by atoms with Gasteiger partial charge >= 0.3 is 0 Å². The number of thiocarbonyl (C=S) groups is 1. The third-order valence-electron chi connectivity index (χ3n) is 3.90. The number of carbonyl (C=O) groups excluding carboxylic acids is 2. The van der Waals surface area contributed by atoms with Crippen LogP contribution in [0.1, 0.15) is 29.3 Å². The summed E-state index contributed by atoms with van der Waals surface area (Å²) in [5, 5.41) is 1.07. The van der Waals surface area contributed by atoms with Crippen molar-refractivity contribution in [2.45, 2.75) is 13.3 Å². The van der Waals surface area contributed by atoms with E-state index >= 15 is 0 Å². The third kappa shape index (κ3) is 4.93. The second-order valence-corrected chi connectivity index (χ2v) is 7.63. The molecule has 1 aromatic carbocycles. The number of aromatic nitrogens is 1. The summed E-state index contributed by atoms with van der Waals surface area (Å²) in [6.45, 7) is 2.61. The van der Waals surface area contributed by atoms with Crippen LogP contribution in [0, 0.1) is 0 Å². The van der Waals surface area contributed by atoms with Crippen LogP contribution in [0.5, 0.6) is 11.5 Å². The molecule has 0 atom stereocenters. The minimum atomic E-state index is -0.441. The molecule has 0 aliphatic carbocycles. The number of hydrazine groups is 1. The lowest BCUT2D eigenvalue weighted by Crippen LogP contribution is -2.44. The van der Waals surface area contributed by atoms with Gasteiger partial charge in [0.15, 0.2) is 15.8 Å². The van der Waals surface area contributed by atoms with Crippen LogP contribution in [-0.2, 0) is 4.79 Å². The normalized spacial score (nSPS) is 15.0. The van der Waals surface area contributed by atoms with Crippen molar-refractivity contribution in [3.05, 3.63) is 58.8 Å². The fourth-order valence-corrected chi connectivity index (χ4v) is 3.67. The summed E-state index contributed by atoms with van der Waals surface area (Å²) < 4.78 is 11.3. The Morgan fingerprint density at radius 2 is 2.03 bits per heavy atom. The summed E-state index contributed by atoms with van der Waals surface area (Å²) in [4.78, 5) is 29.3. The van der Waals surface area contributed by atoms with Crippen LogP contribution in [0.25, 0.3) is 6.08 Å². The maximum atomic E-state index is 12.7. The van der Waals surface area contributed by atoms with Crippen molar-refractivity contribution in [2.75, 3.05) is 13.7 Å². The van der Waals surface area contributed by atoms with Crippen molar-refractivity contribution in [3.8, 4) is 11.5 Å². The summed E-state index contributed by atoms with van der Waals surface area (Å²) in [5.74, 6) is 0.383. The lowest BCUT2D eigenvalue weighted by molar-refractivity contribution is -0.123. The van der Waals surface area contributed by atoms with Crippen molar-refractivity contribution in [1.29, 1.82) is 0 Å². The number of carbonyl (C=O) groups is 2. The Morgan fingerprint density at radius 1 is 1.28 bits per heavy atom. The molecule has 3 rings (SSSR count). The van der Waals surface area contributed by atoms with E-state index in [0.29, 0.717) is 28.6 Å². The largest absolute Gasteiger partial charge is 0.493 e. The number of thioether (sulfide) groups is 1. The number of hydrogen-bond donors (Lipinski definition) is 1. The van der Waals surface area contributed by atoms with Crippen molar-refractivity contribution < 1.29 is 19.1 Å². The highest BCUT2D eigenvalue weighted by molar-refractivity contribution is 8.26. The highest BCUT2D eigenvalue weighted by atomic mass is 32.2. The molecule has 150 valence electrons. The number of nitrogens with zero attached hydrogens (tertiary/aromatic N) is 2. The van der Waals surface area contributed by atoms with Crippen molar-refractivity contribution in [1.82, 2.24) is 15.4 Å². The summed E-state index contributed by atoms with van der Waals surface area (Å²) >= 11 is 6.37. The quantitative estimate of drug-likeness (QED) is 0.533. The van der Waals surface area contributed by atoms with E-state index in [4.69, 9.17) is 21.7 Å². The number of nitrogens with one attached hydrogen (secondary N) is 1. The molecule has 1 fully saturated rings. The maximum Gasteiger partial charge on any atom is 0.285 e. The Kier molecular flexibility index (Phi) is 6.84. The Morgan fingerprint density at radius 3 is 2.72 bits per heavy atom. The molecule has 9 heteroatoms. The van der Waals surface area contributed by atoms with Gasteiger partial charge in [0.25, 0.3) is 11.8 Å². The second kappa shape index (κ2) is 9.53. The van der Waals surface area contributed by atoms with Gasteiger partial charge in [0.1, 0.15) is 0 Å². The zero-order valence-electron chi connectivity index (χ0n) is 15.9. The van der Waals surface area contributed by atoms with Gasteiger partial charge in [-0.15, -0.1) is 0 Å². The Hall–Kier alpha value is -2.91. The van der Waals surface area contributed by atoms with Gasteiger partial charge in [0, 0.05) is 18.0 Å². The van der Waals surface area contributed by atoms with Gasteiger partial charge in [0.2, 0.25) is 0 Å². The maximum absolute atomic E-state index is 12.7. The predicted octanol–water partition coefficient (Wildman–Crippen LogP) is 3.43. The number of rotatable bonds is 7. The topological polar surface area (TPSA) is 80.8 Å². The van der Waals surface area contributed by atoms with E-state index in [1.165, 1.54) is 12.4 Å². The van der Waals surface area contributed by atoms with Crippen molar-refractivity contribution >= 4 is 46.2 Å². The number of hydrogen-bond acceptors (Lipinski definition) is 7. The third-order valence-corrected chi connectivity index (χ3v) is 5.20. The van der Waals surface area contributed by atoms with Gasteiger partial charge in [-0.1, -0.05) is 24.8 Å². The van der Waals surface area contributed by atoms with Crippen molar-refractivity contribution in [3.63, 3.8) is 0 Å². The lowest BCUT2D eigenvalue weighted by Gasteiger charge is -2.15. The van der Waals surface area contributed by atoms with Crippen LogP contribution in [-0.4, -0.2) is 39.8 Å². The van der Waals surface area contributed by atoms with Crippen LogP contribution < -0.4 is 14.9 Å². The molecule has 1 N–H and O–H groups in total. The summed E-state index contributed by atoms with van der Waals surface area (Å²) in [6.07, 6.45) is 5.59. The van der Waals surface area contributed by atoms with Gasteiger partial charge in [-0.3, -0.25) is 20.0 Å². The average molecular weight is 430 g/mol. The van der Waals surface area contributed by atoms with E-state index in [1.54, 1.807) is 37.5 Å². The SMILES string of the molecule is CCCOc1ccc(/C=C2\SC(=S)N(NC(=O)c3ccncc3)C2=O)cc1OC. The van der Waals surface area contributed by atoms with E-state index in [9.17, 15) is 9.59 Å². The molecule has 0 spiro atoms. The van der Waals surface area contributed by atoms with Gasteiger partial charge in [-0.2, -0.15) is 5.01 Å². The van der Waals surface area contributed by atoms with Crippen LogP contribution in [0.4, 0.5) is 0 Å². The molecule has 0 unspecified atom stereocenters. The van der Waals surface area contributed by atoms with Crippen LogP contribution in [0.3, 0.4) is 0 Å². The summed E-state index contributed by atoms with van der Waals surface area (Å²) in [6, 6.07) is 8.52. The van der Waals surface area contributed by atoms with Crippen LogP contribution >= 0.6 is 24.0 Å². The van der Waals surface area contributed by atoms with E-state index in [-0.39, 0.29) is 4.32 Å². The molecule has 2 heterocycles. The molecular formula is C20H19N3O4S2. The molecule has 29 heavy (non-hydrogen) atoms. The smallest absolute Gasteiger partial charge is 0.285 e. The molecule has 0 saturated carbocycles. The van der Waals surface area contributed by atoms with Gasteiger partial charge in [-0.25, -0.2) is 0 Å². The monoisotopic (exact) mass is 429 g/mol. The van der Waals surface area contributed by atoms with Gasteiger partial charge < -0.3 is 9.47 Å². The number of benzene rings is 1. The average Bonchev–Trinajstić information content (AvgIpc) is 3.00. The van der Waals surface area contributed by atoms with Crippen LogP contribution in [0.15, 0.2) is 47.6 Å². The molecule has 0 radical (unpaired) electrons. The summed E-state index contributed by atoms with van der Waals surface area (Å²) in [5.41, 5.74) is 3.67. The van der Waals surface area contributed by atoms with E-state index in [1.807, 2.05) is 13.0 Å². The molecule has 7 nitrogen and oxygen atoms in total. The fraction of sp³-hybridized carbons (Fsp3) is 0.200. The number of methoxy groups -OCH3 is 1. The van der Waals surface area contributed by atoms with Crippen LogP contribution in [0.2, 0.25) is 0 Å². The standard InChI is InChI=1S/C20H19N3O4S2/c1-3-10-27-15-5-4-13(11-16(15)26-2)12-17-19(25)23(20(28)29-17)22-18(24)14-6-8-21-9-7-14/h4-9,11-12H,3,10H2,1-2H3,(H,22,24)/b17-12-. The van der Waals surface area contributed by atoms with Gasteiger partial charge in [-0.05, 0) is 54.5 Å². The van der Waals surface area contributed by atoms with E-state index in [0.717, 1.165) is 28.8 Å². The molecule has 1 saturated heterocycles. The minimum Gasteiger partial charge on any atom is -0.493 e. The van der Waals surface area contributed by atoms with E-state index < -0.39 is 11.8 Å². The second-order valence-electron chi connectivity index (χ2n) is 5.95. The predicted molar refractivity (Wildman–Crippen MR) is 115 cm³/mol. The van der Waals surface area contributed by atoms with Crippen molar-refractivity contribution in [2.24, 2.45) is 0 Å². The fourth-order valence-electron chi connectivity index (χ4n) is 2.49. The zero-order valence-corrected chi connectivity index (χ0v) is 17.5. The Labute approximate surface area is 178 Å². The molecule has 0 bridgehead atoms. The lowest BCUT2D eigenvalue weighted by atomic mass is 10.2. The Balaban J connectivity index is 1.76. The highest BCUT2D eigenvalue weighted by Crippen LogP contribution is 2.34. The number of ether oxygens (including phenoxy) is 2. The first kappa shape index (κ1) is 20.8. The summed E-state index contributed by atoms with van der Waals surface area (Å²) in [7, 11) is 1.56. The van der Waals surface area contributed by atoms with Gasteiger partial charge in [0.05, 0.1) is 18.6 Å². The first-order valence-corrected chi connectivity index (χ1v) is 10.1. The molecule has 2 amide bonds. The first-order valence-electron chi connectivity index (χ1n) is 8.83. The molecule has 1 aliphatic heterocycles.